The maximum Gasteiger partial charge on any atom is 0.416 e. The van der Waals surface area contributed by atoms with E-state index < -0.39 is 33.8 Å². The van der Waals surface area contributed by atoms with E-state index in [1.807, 2.05) is 0 Å². The Bertz CT molecular complexity index is 957. The molecule has 0 saturated carbocycles. The standard InChI is InChI=1S/C17H14F3NO5S/c1-25-16(22)15-10-21(13-4-2-3-5-14(13)26-15)27(23,24)12-8-6-11(7-9-12)17(18,19)20/h2-9,15H,10H2,1H3/t15-/m0/s1. The van der Waals surface area contributed by atoms with Gasteiger partial charge in [0.1, 0.15) is 5.75 Å². The van der Waals surface area contributed by atoms with Gasteiger partial charge in [-0.05, 0) is 36.4 Å². The molecule has 10 heteroatoms. The van der Waals surface area contributed by atoms with E-state index in [1.165, 1.54) is 12.1 Å². The quantitative estimate of drug-likeness (QED) is 0.740. The summed E-state index contributed by atoms with van der Waals surface area (Å²) in [6.45, 7) is -0.368. The number of benzene rings is 2. The molecule has 0 bridgehead atoms. The molecule has 0 saturated heterocycles. The topological polar surface area (TPSA) is 72.9 Å². The van der Waals surface area contributed by atoms with E-state index in [1.54, 1.807) is 12.1 Å². The van der Waals surface area contributed by atoms with Crippen LogP contribution in [0.5, 0.6) is 5.75 Å². The molecule has 1 aliphatic rings. The van der Waals surface area contributed by atoms with Gasteiger partial charge in [0.05, 0.1) is 29.8 Å². The lowest BCUT2D eigenvalue weighted by Gasteiger charge is -2.34. The number of nitrogens with zero attached hydrogens (tertiary/aromatic N) is 1. The molecule has 144 valence electrons. The summed E-state index contributed by atoms with van der Waals surface area (Å²) in [4.78, 5) is 11.5. The molecule has 0 spiro atoms. The highest BCUT2D eigenvalue weighted by molar-refractivity contribution is 7.92. The molecule has 1 atom stereocenters. The Kier molecular flexibility index (Phi) is 4.77. The molecule has 0 N–H and O–H groups in total. The number of halogens is 3. The lowest BCUT2D eigenvalue weighted by Crippen LogP contribution is -2.47. The summed E-state index contributed by atoms with van der Waals surface area (Å²) in [5, 5.41) is 0. The van der Waals surface area contributed by atoms with Crippen molar-refractivity contribution >= 4 is 21.7 Å². The number of para-hydroxylation sites is 2. The van der Waals surface area contributed by atoms with Gasteiger partial charge in [-0.2, -0.15) is 13.2 Å². The number of methoxy groups -OCH3 is 1. The minimum absolute atomic E-state index is 0.148. The summed E-state index contributed by atoms with van der Waals surface area (Å²) in [6.07, 6.45) is -5.78. The van der Waals surface area contributed by atoms with E-state index in [2.05, 4.69) is 4.74 Å². The van der Waals surface area contributed by atoms with Crippen molar-refractivity contribution in [3.63, 3.8) is 0 Å². The highest BCUT2D eigenvalue weighted by Crippen LogP contribution is 2.37. The number of hydrogen-bond donors (Lipinski definition) is 0. The van der Waals surface area contributed by atoms with Gasteiger partial charge in [0.15, 0.2) is 0 Å². The fourth-order valence-corrected chi connectivity index (χ4v) is 4.10. The van der Waals surface area contributed by atoms with Gasteiger partial charge in [0.25, 0.3) is 10.0 Å². The highest BCUT2D eigenvalue weighted by Gasteiger charge is 2.38. The number of carbonyl (C=O) groups is 1. The molecule has 0 fully saturated rings. The van der Waals surface area contributed by atoms with Crippen molar-refractivity contribution in [2.45, 2.75) is 17.2 Å². The van der Waals surface area contributed by atoms with Crippen molar-refractivity contribution in [2.24, 2.45) is 0 Å². The maximum atomic E-state index is 13.0. The number of anilines is 1. The number of esters is 1. The number of hydrogen-bond acceptors (Lipinski definition) is 5. The third-order valence-electron chi connectivity index (χ3n) is 3.97. The zero-order chi connectivity index (χ0) is 19.8. The van der Waals surface area contributed by atoms with Gasteiger partial charge >= 0.3 is 12.1 Å². The number of carbonyl (C=O) groups excluding carboxylic acids is 1. The molecule has 6 nitrogen and oxygen atoms in total. The van der Waals surface area contributed by atoms with E-state index in [0.717, 1.165) is 23.5 Å². The lowest BCUT2D eigenvalue weighted by atomic mass is 10.2. The fourth-order valence-electron chi connectivity index (χ4n) is 2.63. The van der Waals surface area contributed by atoms with Crippen LogP contribution < -0.4 is 9.04 Å². The SMILES string of the molecule is COC(=O)[C@@H]1CN(S(=O)(=O)c2ccc(C(F)(F)F)cc2)c2ccccc2O1. The van der Waals surface area contributed by atoms with Crippen LogP contribution >= 0.6 is 0 Å². The minimum atomic E-state index is -4.58. The number of ether oxygens (including phenoxy) is 2. The van der Waals surface area contributed by atoms with Crippen molar-refractivity contribution in [1.82, 2.24) is 0 Å². The summed E-state index contributed by atoms with van der Waals surface area (Å²) < 4.78 is 75.2. The summed E-state index contributed by atoms with van der Waals surface area (Å²) in [5.74, 6) is -0.619. The van der Waals surface area contributed by atoms with E-state index in [4.69, 9.17) is 4.74 Å². The first-order valence-electron chi connectivity index (χ1n) is 7.68. The van der Waals surface area contributed by atoms with E-state index >= 15 is 0 Å². The molecule has 1 heterocycles. The maximum absolute atomic E-state index is 13.0. The monoisotopic (exact) mass is 401 g/mol. The zero-order valence-corrected chi connectivity index (χ0v) is 14.8. The Morgan fingerprint density at radius 1 is 1.15 bits per heavy atom. The fraction of sp³-hybridized carbons (Fsp3) is 0.235. The molecule has 0 aromatic heterocycles. The van der Waals surface area contributed by atoms with E-state index in [0.29, 0.717) is 12.1 Å². The van der Waals surface area contributed by atoms with Gasteiger partial charge in [0, 0.05) is 0 Å². The average Bonchev–Trinajstić information content (AvgIpc) is 2.65. The third-order valence-corrected chi connectivity index (χ3v) is 5.76. The smallest absolute Gasteiger partial charge is 0.416 e. The van der Waals surface area contributed by atoms with Crippen LogP contribution in [0, 0.1) is 0 Å². The number of sulfonamides is 1. The number of rotatable bonds is 3. The van der Waals surface area contributed by atoms with Gasteiger partial charge in [-0.1, -0.05) is 12.1 Å². The van der Waals surface area contributed by atoms with Gasteiger partial charge in [-0.15, -0.1) is 0 Å². The third kappa shape index (κ3) is 3.57. The van der Waals surface area contributed by atoms with Crippen LogP contribution in [0.4, 0.5) is 18.9 Å². The molecule has 0 amide bonds. The van der Waals surface area contributed by atoms with Crippen LogP contribution in [0.1, 0.15) is 5.56 Å². The predicted molar refractivity (Wildman–Crippen MR) is 88.8 cm³/mol. The van der Waals surface area contributed by atoms with Gasteiger partial charge in [-0.3, -0.25) is 4.31 Å². The van der Waals surface area contributed by atoms with E-state index in [9.17, 15) is 26.4 Å². The molecular formula is C17H14F3NO5S. The molecular weight excluding hydrogens is 387 g/mol. The molecule has 2 aromatic carbocycles. The van der Waals surface area contributed by atoms with Crippen molar-refractivity contribution in [3.8, 4) is 5.75 Å². The second-order valence-corrected chi connectivity index (χ2v) is 7.52. The Labute approximate surface area is 153 Å². The molecule has 0 radical (unpaired) electrons. The van der Waals surface area contributed by atoms with Crippen LogP contribution in [-0.4, -0.2) is 34.1 Å². The summed E-state index contributed by atoms with van der Waals surface area (Å²) >= 11 is 0. The highest BCUT2D eigenvalue weighted by atomic mass is 32.2. The second-order valence-electron chi connectivity index (χ2n) is 5.66. The van der Waals surface area contributed by atoms with Crippen molar-refractivity contribution in [2.75, 3.05) is 18.0 Å². The average molecular weight is 401 g/mol. The Morgan fingerprint density at radius 2 is 1.78 bits per heavy atom. The van der Waals surface area contributed by atoms with Crippen LogP contribution in [0.15, 0.2) is 53.4 Å². The van der Waals surface area contributed by atoms with E-state index in [-0.39, 0.29) is 22.9 Å². The first-order chi connectivity index (χ1) is 12.6. The minimum Gasteiger partial charge on any atom is -0.475 e. The van der Waals surface area contributed by atoms with Crippen molar-refractivity contribution in [1.29, 1.82) is 0 Å². The molecule has 27 heavy (non-hydrogen) atoms. The predicted octanol–water partition coefficient (Wildman–Crippen LogP) is 2.83. The Morgan fingerprint density at radius 3 is 2.37 bits per heavy atom. The Hall–Kier alpha value is -2.75. The van der Waals surface area contributed by atoms with Gasteiger partial charge in [0.2, 0.25) is 6.10 Å². The van der Waals surface area contributed by atoms with Crippen LogP contribution in [0.2, 0.25) is 0 Å². The van der Waals surface area contributed by atoms with Gasteiger partial charge < -0.3 is 9.47 Å². The first-order valence-corrected chi connectivity index (χ1v) is 9.12. The summed E-state index contributed by atoms with van der Waals surface area (Å²) in [6, 6.07) is 9.28. The summed E-state index contributed by atoms with van der Waals surface area (Å²) in [7, 11) is -3.09. The Balaban J connectivity index is 2.03. The molecule has 2 aromatic rings. The molecule has 0 unspecified atom stereocenters. The number of fused-ring (bicyclic) bond motifs is 1. The van der Waals surface area contributed by atoms with Crippen LogP contribution in [0.3, 0.4) is 0 Å². The number of alkyl halides is 3. The molecule has 3 rings (SSSR count). The largest absolute Gasteiger partial charge is 0.475 e. The van der Waals surface area contributed by atoms with Crippen LogP contribution in [0.25, 0.3) is 0 Å². The van der Waals surface area contributed by atoms with Crippen LogP contribution in [-0.2, 0) is 25.7 Å². The normalized spacial score (nSPS) is 17.0. The zero-order valence-electron chi connectivity index (χ0n) is 13.9. The molecule has 1 aliphatic heterocycles. The van der Waals surface area contributed by atoms with Crippen molar-refractivity contribution < 1.29 is 35.9 Å². The first kappa shape index (κ1) is 19.0. The molecule has 0 aliphatic carbocycles. The van der Waals surface area contributed by atoms with Gasteiger partial charge in [-0.25, -0.2) is 13.2 Å². The lowest BCUT2D eigenvalue weighted by molar-refractivity contribution is -0.148. The van der Waals surface area contributed by atoms with Crippen molar-refractivity contribution in [3.05, 3.63) is 54.1 Å². The summed E-state index contributed by atoms with van der Waals surface area (Å²) in [5.41, 5.74) is -0.784. The second kappa shape index (κ2) is 6.76.